The van der Waals surface area contributed by atoms with Gasteiger partial charge in [-0.1, -0.05) is 31.5 Å². The molecule has 0 radical (unpaired) electrons. The summed E-state index contributed by atoms with van der Waals surface area (Å²) in [5.41, 5.74) is 0. The van der Waals surface area contributed by atoms with Crippen molar-refractivity contribution in [2.75, 3.05) is 19.8 Å². The summed E-state index contributed by atoms with van der Waals surface area (Å²) in [5.74, 6) is -0.178. The van der Waals surface area contributed by atoms with Crippen LogP contribution in [0.25, 0.3) is 0 Å². The lowest BCUT2D eigenvalue weighted by Crippen LogP contribution is -2.20. The molecule has 0 heterocycles. The van der Waals surface area contributed by atoms with E-state index in [-0.39, 0.29) is 13.2 Å². The predicted octanol–water partition coefficient (Wildman–Crippen LogP) is 3.24. The molecule has 0 saturated heterocycles. The highest BCUT2D eigenvalue weighted by atomic mass is 35.5. The summed E-state index contributed by atoms with van der Waals surface area (Å²) in [6.07, 6.45) is 1.82. The number of rotatable bonds is 9. The molecule has 0 bridgehead atoms. The fourth-order valence-corrected chi connectivity index (χ4v) is 1.81. The Balaban J connectivity index is 2.13. The van der Waals surface area contributed by atoms with Gasteiger partial charge in [0.2, 0.25) is 0 Å². The monoisotopic (exact) mass is 328 g/mol. The maximum absolute atomic E-state index is 11.5. The Labute approximate surface area is 135 Å². The highest BCUT2D eigenvalue weighted by Gasteiger charge is 2.09. The van der Waals surface area contributed by atoms with Gasteiger partial charge in [-0.3, -0.25) is 0 Å². The minimum absolute atomic E-state index is 0.272. The van der Waals surface area contributed by atoms with Gasteiger partial charge in [0.25, 0.3) is 0 Å². The van der Waals surface area contributed by atoms with Crippen LogP contribution >= 0.6 is 11.6 Å². The van der Waals surface area contributed by atoms with Crippen molar-refractivity contribution in [1.29, 1.82) is 0 Å². The van der Waals surface area contributed by atoms with E-state index < -0.39 is 11.9 Å². The average molecular weight is 329 g/mol. The van der Waals surface area contributed by atoms with E-state index in [4.69, 9.17) is 25.8 Å². The van der Waals surface area contributed by atoms with Crippen LogP contribution in [-0.2, 0) is 19.1 Å². The van der Waals surface area contributed by atoms with Crippen molar-refractivity contribution in [1.82, 2.24) is 0 Å². The van der Waals surface area contributed by atoms with Crippen LogP contribution in [0.5, 0.6) is 5.75 Å². The topological polar surface area (TPSA) is 61.8 Å². The zero-order valence-corrected chi connectivity index (χ0v) is 13.6. The first-order valence-electron chi connectivity index (χ1n) is 7.17. The largest absolute Gasteiger partial charge is 0.464 e. The summed E-state index contributed by atoms with van der Waals surface area (Å²) in [6.45, 7) is 3.99. The Hall–Kier alpha value is -1.59. The van der Waals surface area contributed by atoms with Gasteiger partial charge in [0.05, 0.1) is 6.61 Å². The lowest BCUT2D eigenvalue weighted by molar-refractivity contribution is -0.152. The van der Waals surface area contributed by atoms with E-state index in [1.807, 2.05) is 0 Å². The van der Waals surface area contributed by atoms with Crippen molar-refractivity contribution in [3.63, 3.8) is 0 Å². The normalized spacial score (nSPS) is 10.5. The van der Waals surface area contributed by atoms with Gasteiger partial charge >= 0.3 is 11.9 Å². The van der Waals surface area contributed by atoms with E-state index in [0.29, 0.717) is 23.3 Å². The molecule has 6 heteroatoms. The second-order valence-corrected chi connectivity index (χ2v) is 5.62. The van der Waals surface area contributed by atoms with Gasteiger partial charge in [-0.15, -0.1) is 0 Å². The molecule has 0 spiro atoms. The fourth-order valence-electron chi connectivity index (χ4n) is 1.63. The number of hydrogen-bond donors (Lipinski definition) is 0. The first-order chi connectivity index (χ1) is 10.5. The summed E-state index contributed by atoms with van der Waals surface area (Å²) >= 11 is 5.77. The zero-order valence-electron chi connectivity index (χ0n) is 12.8. The minimum atomic E-state index is -0.602. The van der Waals surface area contributed by atoms with Crippen LogP contribution in [-0.4, -0.2) is 31.8 Å². The fraction of sp³-hybridized carbons (Fsp3) is 0.500. The molecule has 0 aliphatic carbocycles. The molecule has 22 heavy (non-hydrogen) atoms. The second kappa shape index (κ2) is 10.2. The second-order valence-electron chi connectivity index (χ2n) is 5.18. The lowest BCUT2D eigenvalue weighted by Gasteiger charge is -2.07. The van der Waals surface area contributed by atoms with Gasteiger partial charge < -0.3 is 14.2 Å². The van der Waals surface area contributed by atoms with Crippen molar-refractivity contribution in [2.45, 2.75) is 26.7 Å². The van der Waals surface area contributed by atoms with Crippen LogP contribution in [0, 0.1) is 5.92 Å². The van der Waals surface area contributed by atoms with E-state index >= 15 is 0 Å². The third-order valence-electron chi connectivity index (χ3n) is 2.66. The van der Waals surface area contributed by atoms with Crippen LogP contribution < -0.4 is 4.74 Å². The predicted molar refractivity (Wildman–Crippen MR) is 82.9 cm³/mol. The molecule has 0 aliphatic rings. The van der Waals surface area contributed by atoms with Crippen LogP contribution in [0.15, 0.2) is 24.3 Å². The highest BCUT2D eigenvalue weighted by Crippen LogP contribution is 2.17. The Morgan fingerprint density at radius 2 is 1.91 bits per heavy atom. The summed E-state index contributed by atoms with van der Waals surface area (Å²) in [7, 11) is 0. The molecule has 1 aromatic rings. The van der Waals surface area contributed by atoms with Crippen molar-refractivity contribution < 1.29 is 23.8 Å². The van der Waals surface area contributed by atoms with E-state index in [0.717, 1.165) is 12.8 Å². The molecule has 1 rings (SSSR count). The smallest absolute Gasteiger partial charge is 0.337 e. The van der Waals surface area contributed by atoms with Gasteiger partial charge in [-0.2, -0.15) is 0 Å². The molecular formula is C16H21ClO5. The summed E-state index contributed by atoms with van der Waals surface area (Å²) in [5, 5.41) is 0.469. The van der Waals surface area contributed by atoms with E-state index in [2.05, 4.69) is 13.8 Å². The van der Waals surface area contributed by atoms with Crippen molar-refractivity contribution in [3.8, 4) is 5.75 Å². The number of halogens is 1. The summed E-state index contributed by atoms with van der Waals surface area (Å²) in [6, 6.07) is 6.46. The van der Waals surface area contributed by atoms with Gasteiger partial charge in [0, 0.05) is 5.02 Å². The van der Waals surface area contributed by atoms with Gasteiger partial charge in [-0.05, 0) is 37.0 Å². The molecule has 0 saturated carbocycles. The molecule has 122 valence electrons. The highest BCUT2D eigenvalue weighted by molar-refractivity contribution is 6.30. The average Bonchev–Trinajstić information content (AvgIpc) is 2.43. The van der Waals surface area contributed by atoms with Crippen LogP contribution in [0.4, 0.5) is 0 Å². The van der Waals surface area contributed by atoms with Gasteiger partial charge in [-0.25, -0.2) is 9.59 Å². The number of benzene rings is 1. The molecule has 0 aliphatic heterocycles. The quantitative estimate of drug-likeness (QED) is 0.395. The Morgan fingerprint density at radius 3 is 2.59 bits per heavy atom. The van der Waals surface area contributed by atoms with E-state index in [1.54, 1.807) is 18.2 Å². The summed E-state index contributed by atoms with van der Waals surface area (Å²) < 4.78 is 14.9. The number of ether oxygens (including phenoxy) is 3. The number of carbonyl (C=O) groups is 2. The summed E-state index contributed by atoms with van der Waals surface area (Å²) in [4.78, 5) is 22.9. The standard InChI is InChI=1S/C16H21ClO5/c1-12(2)5-4-8-21-15(18)10-20-11-16(19)22-14-7-3-6-13(17)9-14/h3,6-7,9,12H,4-5,8,10-11H2,1-2H3. The maximum atomic E-state index is 11.5. The zero-order chi connectivity index (χ0) is 16.4. The first kappa shape index (κ1) is 18.5. The molecule has 0 N–H and O–H groups in total. The first-order valence-corrected chi connectivity index (χ1v) is 7.55. The van der Waals surface area contributed by atoms with Crippen molar-refractivity contribution in [2.24, 2.45) is 5.92 Å². The number of hydrogen-bond acceptors (Lipinski definition) is 5. The van der Waals surface area contributed by atoms with E-state index in [9.17, 15) is 9.59 Å². The molecule has 0 atom stereocenters. The third-order valence-corrected chi connectivity index (χ3v) is 2.89. The molecular weight excluding hydrogens is 308 g/mol. The molecule has 0 aromatic heterocycles. The van der Waals surface area contributed by atoms with Gasteiger partial charge in [0.15, 0.2) is 0 Å². The number of carbonyl (C=O) groups excluding carboxylic acids is 2. The maximum Gasteiger partial charge on any atom is 0.337 e. The molecule has 1 aromatic carbocycles. The van der Waals surface area contributed by atoms with Crippen molar-refractivity contribution in [3.05, 3.63) is 29.3 Å². The molecule has 5 nitrogen and oxygen atoms in total. The molecule has 0 unspecified atom stereocenters. The Bertz CT molecular complexity index is 487. The Kier molecular flexibility index (Phi) is 8.55. The molecule has 0 fully saturated rings. The lowest BCUT2D eigenvalue weighted by atomic mass is 10.1. The van der Waals surface area contributed by atoms with Crippen LogP contribution in [0.2, 0.25) is 5.02 Å². The molecule has 0 amide bonds. The van der Waals surface area contributed by atoms with E-state index in [1.165, 1.54) is 6.07 Å². The van der Waals surface area contributed by atoms with Crippen LogP contribution in [0.3, 0.4) is 0 Å². The van der Waals surface area contributed by atoms with Crippen LogP contribution in [0.1, 0.15) is 26.7 Å². The van der Waals surface area contributed by atoms with Gasteiger partial charge in [0.1, 0.15) is 19.0 Å². The number of esters is 2. The third kappa shape index (κ3) is 8.64. The van der Waals surface area contributed by atoms with Crippen molar-refractivity contribution >= 4 is 23.5 Å². The minimum Gasteiger partial charge on any atom is -0.464 e. The SMILES string of the molecule is CC(C)CCCOC(=O)COCC(=O)Oc1cccc(Cl)c1. The Morgan fingerprint density at radius 1 is 1.18 bits per heavy atom.